The summed E-state index contributed by atoms with van der Waals surface area (Å²) < 4.78 is 0. The van der Waals surface area contributed by atoms with Gasteiger partial charge in [0.1, 0.15) is 0 Å². The van der Waals surface area contributed by atoms with Crippen LogP contribution in [0.2, 0.25) is 0 Å². The second-order valence-electron chi connectivity index (χ2n) is 18.7. The molecule has 0 aromatic heterocycles. The van der Waals surface area contributed by atoms with E-state index >= 15 is 0 Å². The Balaban J connectivity index is 4.89. The summed E-state index contributed by atoms with van der Waals surface area (Å²) in [6.07, 6.45) is 73.8. The molecule has 0 aromatic carbocycles. The number of hydrogen-bond acceptors (Lipinski definition) is 0. The zero-order valence-corrected chi connectivity index (χ0v) is 40.0. The third-order valence-electron chi connectivity index (χ3n) is 13.2. The third-order valence-corrected chi connectivity index (χ3v) is 18.3. The second kappa shape index (κ2) is 47.8. The molecule has 0 aliphatic carbocycles. The van der Waals surface area contributed by atoms with Crippen LogP contribution in [0, 0.1) is 0 Å². The van der Waals surface area contributed by atoms with E-state index in [1.165, 1.54) is 263 Å². The van der Waals surface area contributed by atoms with Crippen LogP contribution in [0.25, 0.3) is 0 Å². The van der Waals surface area contributed by atoms with E-state index in [9.17, 15) is 0 Å². The van der Waals surface area contributed by atoms with Crippen molar-refractivity contribution in [1.82, 2.24) is 0 Å². The summed E-state index contributed by atoms with van der Waals surface area (Å²) in [7, 11) is -0.807. The van der Waals surface area contributed by atoms with Gasteiger partial charge in [-0.15, -0.1) is 0 Å². The van der Waals surface area contributed by atoms with E-state index in [4.69, 9.17) is 0 Å². The van der Waals surface area contributed by atoms with E-state index < -0.39 is 7.26 Å². The van der Waals surface area contributed by atoms with Gasteiger partial charge in [-0.3, -0.25) is 0 Å². The Labute approximate surface area is 347 Å². The van der Waals surface area contributed by atoms with Crippen LogP contribution in [-0.2, 0) is 0 Å². The van der Waals surface area contributed by atoms with Crippen LogP contribution in [0.3, 0.4) is 0 Å². The molecule has 1 heteroatoms. The van der Waals surface area contributed by atoms with E-state index in [2.05, 4.69) is 27.7 Å². The van der Waals surface area contributed by atoms with Gasteiger partial charge in [-0.2, -0.15) is 0 Å². The molecule has 0 spiro atoms. The summed E-state index contributed by atoms with van der Waals surface area (Å²) in [6, 6.07) is 0. The first-order valence-corrected chi connectivity index (χ1v) is 29.1. The fourth-order valence-corrected chi connectivity index (χ4v) is 14.2. The van der Waals surface area contributed by atoms with E-state index in [-0.39, 0.29) is 0 Å². The quantitative estimate of drug-likeness (QED) is 0.0426. The summed E-state index contributed by atoms with van der Waals surface area (Å²) in [5, 5.41) is 0. The van der Waals surface area contributed by atoms with Crippen molar-refractivity contribution in [3.63, 3.8) is 0 Å². The molecule has 0 radical (unpaired) electrons. The van der Waals surface area contributed by atoms with Crippen molar-refractivity contribution < 1.29 is 0 Å². The van der Waals surface area contributed by atoms with E-state index in [0.717, 1.165) is 0 Å². The van der Waals surface area contributed by atoms with Gasteiger partial charge in [-0.25, -0.2) is 0 Å². The summed E-state index contributed by atoms with van der Waals surface area (Å²) in [6.45, 7) is 9.35. The smallest absolute Gasteiger partial charge is 0.0594 e. The highest BCUT2D eigenvalue weighted by molar-refractivity contribution is 7.75. The molecule has 0 nitrogen and oxygen atoms in total. The zero-order valence-electron chi connectivity index (χ0n) is 39.1. The van der Waals surface area contributed by atoms with Crippen molar-refractivity contribution >= 4 is 7.26 Å². The Morgan fingerprint density at radius 3 is 0.389 bits per heavy atom. The van der Waals surface area contributed by atoms with Crippen LogP contribution >= 0.6 is 7.26 Å². The van der Waals surface area contributed by atoms with Crippen LogP contribution in [0.1, 0.15) is 317 Å². The molecule has 54 heavy (non-hydrogen) atoms. The lowest BCUT2D eigenvalue weighted by Crippen LogP contribution is -2.13. The molecule has 0 aliphatic rings. The highest BCUT2D eigenvalue weighted by Crippen LogP contribution is 2.61. The highest BCUT2D eigenvalue weighted by Gasteiger charge is 2.35. The lowest BCUT2D eigenvalue weighted by atomic mass is 10.1. The normalized spacial score (nSPS) is 12.0. The Morgan fingerprint density at radius 1 is 0.148 bits per heavy atom. The average Bonchev–Trinajstić information content (AvgIpc) is 3.18. The Morgan fingerprint density at radius 2 is 0.259 bits per heavy atom. The van der Waals surface area contributed by atoms with Crippen LogP contribution in [0.15, 0.2) is 0 Å². The molecule has 0 saturated carbocycles. The molecule has 0 bridgehead atoms. The molecule has 0 saturated heterocycles. The van der Waals surface area contributed by atoms with Crippen molar-refractivity contribution in [2.75, 3.05) is 24.6 Å². The predicted octanol–water partition coefficient (Wildman–Crippen LogP) is 20.6. The van der Waals surface area contributed by atoms with Crippen molar-refractivity contribution in [2.24, 2.45) is 0 Å². The molecule has 0 unspecified atom stereocenters. The van der Waals surface area contributed by atoms with Crippen molar-refractivity contribution in [3.05, 3.63) is 0 Å². The van der Waals surface area contributed by atoms with Gasteiger partial charge < -0.3 is 0 Å². The molecule has 0 N–H and O–H groups in total. The second-order valence-corrected chi connectivity index (χ2v) is 23.2. The molecular formula is C53H110P+. The standard InChI is InChI=1S/C53H110P/c1-5-9-13-17-21-25-29-33-37-41-45-49-53-54(50-46-42-38-34-30-26-22-18-14-10-6-2,51-47-43-39-35-31-27-23-19-15-11-7-3)52-48-44-40-36-32-28-24-20-16-12-8-4/h5-53H2,1-4H3/q+1. The molecule has 326 valence electrons. The van der Waals surface area contributed by atoms with Gasteiger partial charge in [-0.05, 0) is 51.4 Å². The van der Waals surface area contributed by atoms with Crippen LogP contribution in [0.5, 0.6) is 0 Å². The topological polar surface area (TPSA) is 0 Å². The monoisotopic (exact) mass is 778 g/mol. The van der Waals surface area contributed by atoms with Gasteiger partial charge in [0.2, 0.25) is 0 Å². The van der Waals surface area contributed by atoms with E-state index in [0.29, 0.717) is 0 Å². The average molecular weight is 778 g/mol. The van der Waals surface area contributed by atoms with Gasteiger partial charge in [-0.1, -0.05) is 265 Å². The highest BCUT2D eigenvalue weighted by atomic mass is 31.2. The summed E-state index contributed by atoms with van der Waals surface area (Å²) in [5.41, 5.74) is 0. The largest absolute Gasteiger partial charge is 0.0654 e. The first kappa shape index (κ1) is 54.4. The molecule has 0 heterocycles. The van der Waals surface area contributed by atoms with Gasteiger partial charge in [0.25, 0.3) is 0 Å². The Hall–Kier alpha value is 0.430. The number of hydrogen-bond donors (Lipinski definition) is 0. The maximum absolute atomic E-state index is 2.34. The van der Waals surface area contributed by atoms with Crippen molar-refractivity contribution in [2.45, 2.75) is 317 Å². The summed E-state index contributed by atoms with van der Waals surface area (Å²) >= 11 is 0. The van der Waals surface area contributed by atoms with Gasteiger partial charge in [0.05, 0.1) is 24.6 Å². The molecule has 0 amide bonds. The molecule has 0 aliphatic heterocycles. The lowest BCUT2D eigenvalue weighted by molar-refractivity contribution is 0.547. The number of unbranched alkanes of at least 4 members (excludes halogenated alkanes) is 41. The molecule has 0 aromatic rings. The maximum atomic E-state index is 2.34. The molecule has 0 fully saturated rings. The molecule has 0 atom stereocenters. The first-order chi connectivity index (χ1) is 26.7. The minimum atomic E-state index is -0.807. The minimum Gasteiger partial charge on any atom is -0.0654 e. The summed E-state index contributed by atoms with van der Waals surface area (Å²) in [5.74, 6) is 0. The van der Waals surface area contributed by atoms with E-state index in [1.807, 2.05) is 0 Å². The third kappa shape index (κ3) is 42.0. The first-order valence-electron chi connectivity index (χ1n) is 26.6. The Kier molecular flexibility index (Phi) is 48.2. The van der Waals surface area contributed by atoms with E-state index in [1.54, 1.807) is 50.3 Å². The fourth-order valence-electron chi connectivity index (χ4n) is 9.29. The molecular weight excluding hydrogens is 668 g/mol. The fraction of sp³-hybridized carbons (Fsp3) is 1.00. The van der Waals surface area contributed by atoms with Gasteiger partial charge >= 0.3 is 0 Å². The Bertz CT molecular complexity index is 577. The predicted molar refractivity (Wildman–Crippen MR) is 257 cm³/mol. The van der Waals surface area contributed by atoms with Crippen molar-refractivity contribution in [1.29, 1.82) is 0 Å². The van der Waals surface area contributed by atoms with Crippen LogP contribution in [-0.4, -0.2) is 24.6 Å². The van der Waals surface area contributed by atoms with Crippen molar-refractivity contribution in [3.8, 4) is 0 Å². The zero-order chi connectivity index (χ0) is 39.1. The maximum Gasteiger partial charge on any atom is 0.0594 e. The van der Waals surface area contributed by atoms with Gasteiger partial charge in [0, 0.05) is 7.26 Å². The summed E-state index contributed by atoms with van der Waals surface area (Å²) in [4.78, 5) is 0. The SMILES string of the molecule is CCCCCCCCCCCCCC[P+](CCCCCCCCCCCCC)(CCCCCCCCCCCCC)CCCCCCCCCCCCC. The molecule has 0 rings (SSSR count). The van der Waals surface area contributed by atoms with Crippen LogP contribution < -0.4 is 0 Å². The number of rotatable bonds is 49. The van der Waals surface area contributed by atoms with Gasteiger partial charge in [0.15, 0.2) is 0 Å². The lowest BCUT2D eigenvalue weighted by Gasteiger charge is -2.28. The van der Waals surface area contributed by atoms with Crippen LogP contribution in [0.4, 0.5) is 0 Å². The minimum absolute atomic E-state index is 0.807.